The van der Waals surface area contributed by atoms with Crippen LogP contribution < -0.4 is 5.32 Å². The lowest BCUT2D eigenvalue weighted by Crippen LogP contribution is -2.50. The Morgan fingerprint density at radius 1 is 1.17 bits per heavy atom. The predicted molar refractivity (Wildman–Crippen MR) is 77.6 cm³/mol. The second-order valence-corrected chi connectivity index (χ2v) is 5.30. The molecule has 2 nitrogen and oxygen atoms in total. The normalized spacial score (nSPS) is 24.4. The zero-order chi connectivity index (χ0) is 12.8. The fraction of sp³-hybridized carbons (Fsp3) is 0.625. The fourth-order valence-corrected chi connectivity index (χ4v) is 3.17. The van der Waals surface area contributed by atoms with E-state index in [1.54, 1.807) is 0 Å². The standard InChI is InChI=1S/C16H26N2/c1-3-18(13-14-9-5-4-6-10-14)16-12-8-7-11-15(16)17-2/h4-6,9-10,15-17H,3,7-8,11-13H2,1-2H3/t15-,16-/m1/s1. The van der Waals surface area contributed by atoms with E-state index in [0.717, 1.165) is 13.1 Å². The second-order valence-electron chi connectivity index (χ2n) is 5.30. The smallest absolute Gasteiger partial charge is 0.0252 e. The number of nitrogens with one attached hydrogen (secondary N) is 1. The number of rotatable bonds is 5. The molecule has 1 fully saturated rings. The molecule has 0 saturated heterocycles. The van der Waals surface area contributed by atoms with Crippen molar-refractivity contribution in [3.8, 4) is 0 Å². The second kappa shape index (κ2) is 6.91. The topological polar surface area (TPSA) is 15.3 Å². The lowest BCUT2D eigenvalue weighted by Gasteiger charge is -2.39. The van der Waals surface area contributed by atoms with Crippen LogP contribution >= 0.6 is 0 Å². The molecule has 0 aliphatic heterocycles. The molecule has 0 bridgehead atoms. The molecule has 0 spiro atoms. The van der Waals surface area contributed by atoms with Gasteiger partial charge in [-0.1, -0.05) is 50.1 Å². The highest BCUT2D eigenvalue weighted by Gasteiger charge is 2.28. The van der Waals surface area contributed by atoms with Gasteiger partial charge in [-0.3, -0.25) is 4.90 Å². The van der Waals surface area contributed by atoms with Gasteiger partial charge in [-0.2, -0.15) is 0 Å². The van der Waals surface area contributed by atoms with Crippen molar-refractivity contribution in [2.75, 3.05) is 13.6 Å². The Morgan fingerprint density at radius 2 is 1.89 bits per heavy atom. The first-order valence-corrected chi connectivity index (χ1v) is 7.30. The third-order valence-electron chi connectivity index (χ3n) is 4.20. The van der Waals surface area contributed by atoms with Crippen LogP contribution in [0.5, 0.6) is 0 Å². The third kappa shape index (κ3) is 3.33. The average Bonchev–Trinajstić information content (AvgIpc) is 2.46. The minimum absolute atomic E-state index is 0.669. The Labute approximate surface area is 111 Å². The molecule has 1 saturated carbocycles. The summed E-state index contributed by atoms with van der Waals surface area (Å²) in [4.78, 5) is 2.63. The highest BCUT2D eigenvalue weighted by molar-refractivity contribution is 5.14. The van der Waals surface area contributed by atoms with E-state index in [0.29, 0.717) is 12.1 Å². The van der Waals surface area contributed by atoms with Crippen LogP contribution in [0.4, 0.5) is 0 Å². The third-order valence-corrected chi connectivity index (χ3v) is 4.20. The van der Waals surface area contributed by atoms with Gasteiger partial charge in [0.25, 0.3) is 0 Å². The summed E-state index contributed by atoms with van der Waals surface area (Å²) < 4.78 is 0. The average molecular weight is 246 g/mol. The molecule has 1 aliphatic rings. The molecular weight excluding hydrogens is 220 g/mol. The van der Waals surface area contributed by atoms with Crippen molar-refractivity contribution in [3.63, 3.8) is 0 Å². The van der Waals surface area contributed by atoms with Gasteiger partial charge in [0, 0.05) is 18.6 Å². The Hall–Kier alpha value is -0.860. The zero-order valence-corrected chi connectivity index (χ0v) is 11.7. The van der Waals surface area contributed by atoms with Crippen LogP contribution in [0, 0.1) is 0 Å². The van der Waals surface area contributed by atoms with Crippen molar-refractivity contribution in [1.82, 2.24) is 10.2 Å². The molecular formula is C16H26N2. The molecule has 1 N–H and O–H groups in total. The van der Waals surface area contributed by atoms with Crippen LogP contribution in [0.3, 0.4) is 0 Å². The molecule has 2 rings (SSSR count). The summed E-state index contributed by atoms with van der Waals surface area (Å²) in [6, 6.07) is 12.2. The maximum absolute atomic E-state index is 3.51. The highest BCUT2D eigenvalue weighted by atomic mass is 15.2. The molecule has 2 heteroatoms. The summed E-state index contributed by atoms with van der Waals surface area (Å²) in [5, 5.41) is 3.51. The molecule has 0 heterocycles. The van der Waals surface area contributed by atoms with Gasteiger partial charge in [-0.15, -0.1) is 0 Å². The Morgan fingerprint density at radius 3 is 2.56 bits per heavy atom. The quantitative estimate of drug-likeness (QED) is 0.859. The van der Waals surface area contributed by atoms with E-state index >= 15 is 0 Å². The zero-order valence-electron chi connectivity index (χ0n) is 11.7. The van der Waals surface area contributed by atoms with Crippen molar-refractivity contribution in [1.29, 1.82) is 0 Å². The first-order chi connectivity index (χ1) is 8.85. The van der Waals surface area contributed by atoms with Crippen molar-refractivity contribution in [3.05, 3.63) is 35.9 Å². The van der Waals surface area contributed by atoms with Gasteiger partial charge in [-0.25, -0.2) is 0 Å². The maximum Gasteiger partial charge on any atom is 0.0252 e. The summed E-state index contributed by atoms with van der Waals surface area (Å²) >= 11 is 0. The maximum atomic E-state index is 3.51. The first-order valence-electron chi connectivity index (χ1n) is 7.30. The number of likely N-dealkylation sites (N-methyl/N-ethyl adjacent to an activating group) is 2. The summed E-state index contributed by atoms with van der Waals surface area (Å²) in [7, 11) is 2.11. The van der Waals surface area contributed by atoms with E-state index in [2.05, 4.69) is 54.5 Å². The Balaban J connectivity index is 2.03. The predicted octanol–water partition coefficient (Wildman–Crippen LogP) is 3.04. The monoisotopic (exact) mass is 246 g/mol. The van der Waals surface area contributed by atoms with E-state index in [1.807, 2.05) is 0 Å². The van der Waals surface area contributed by atoms with Gasteiger partial charge in [0.15, 0.2) is 0 Å². The fourth-order valence-electron chi connectivity index (χ4n) is 3.17. The highest BCUT2D eigenvalue weighted by Crippen LogP contribution is 2.24. The van der Waals surface area contributed by atoms with Gasteiger partial charge in [0.1, 0.15) is 0 Å². The molecule has 18 heavy (non-hydrogen) atoms. The van der Waals surface area contributed by atoms with Gasteiger partial charge in [0.2, 0.25) is 0 Å². The SMILES string of the molecule is CCN(Cc1ccccc1)[C@@H]1CCCC[C@H]1NC. The lowest BCUT2D eigenvalue weighted by molar-refractivity contribution is 0.124. The molecule has 2 atom stereocenters. The van der Waals surface area contributed by atoms with E-state index in [9.17, 15) is 0 Å². The summed E-state index contributed by atoms with van der Waals surface area (Å²) in [5.41, 5.74) is 1.43. The largest absolute Gasteiger partial charge is 0.315 e. The van der Waals surface area contributed by atoms with Crippen LogP contribution in [0.1, 0.15) is 38.2 Å². The Kier molecular flexibility index (Phi) is 5.21. The molecule has 1 aromatic rings. The molecule has 0 unspecified atom stereocenters. The van der Waals surface area contributed by atoms with Gasteiger partial charge in [0.05, 0.1) is 0 Å². The van der Waals surface area contributed by atoms with Gasteiger partial charge in [-0.05, 0) is 32.0 Å². The summed E-state index contributed by atoms with van der Waals surface area (Å²) in [5.74, 6) is 0. The molecule has 100 valence electrons. The van der Waals surface area contributed by atoms with Crippen molar-refractivity contribution in [2.24, 2.45) is 0 Å². The van der Waals surface area contributed by atoms with Crippen LogP contribution in [0.15, 0.2) is 30.3 Å². The molecule has 0 radical (unpaired) electrons. The minimum Gasteiger partial charge on any atom is -0.315 e. The number of nitrogens with zero attached hydrogens (tertiary/aromatic N) is 1. The van der Waals surface area contributed by atoms with Gasteiger partial charge >= 0.3 is 0 Å². The van der Waals surface area contributed by atoms with E-state index in [4.69, 9.17) is 0 Å². The van der Waals surface area contributed by atoms with Crippen molar-refractivity contribution in [2.45, 2.75) is 51.2 Å². The van der Waals surface area contributed by atoms with Gasteiger partial charge < -0.3 is 5.32 Å². The number of hydrogen-bond donors (Lipinski definition) is 1. The van der Waals surface area contributed by atoms with E-state index in [1.165, 1.54) is 31.2 Å². The molecule has 0 aromatic heterocycles. The molecule has 1 aliphatic carbocycles. The lowest BCUT2D eigenvalue weighted by atomic mass is 9.89. The molecule has 1 aromatic carbocycles. The Bertz CT molecular complexity index is 336. The van der Waals surface area contributed by atoms with Crippen molar-refractivity contribution < 1.29 is 0 Å². The van der Waals surface area contributed by atoms with Crippen LogP contribution in [-0.4, -0.2) is 30.6 Å². The number of hydrogen-bond acceptors (Lipinski definition) is 2. The molecule has 0 amide bonds. The first kappa shape index (κ1) is 13.6. The van der Waals surface area contributed by atoms with E-state index < -0.39 is 0 Å². The minimum atomic E-state index is 0.669. The number of benzene rings is 1. The summed E-state index contributed by atoms with van der Waals surface area (Å²) in [6.45, 7) is 4.50. The van der Waals surface area contributed by atoms with Crippen LogP contribution in [0.25, 0.3) is 0 Å². The van der Waals surface area contributed by atoms with E-state index in [-0.39, 0.29) is 0 Å². The summed E-state index contributed by atoms with van der Waals surface area (Å²) in [6.07, 6.45) is 5.43. The van der Waals surface area contributed by atoms with Crippen LogP contribution in [-0.2, 0) is 6.54 Å². The van der Waals surface area contributed by atoms with Crippen molar-refractivity contribution >= 4 is 0 Å². The van der Waals surface area contributed by atoms with Crippen LogP contribution in [0.2, 0.25) is 0 Å².